The number of carbonyl (C=O) groups is 3. The van der Waals surface area contributed by atoms with Crippen LogP contribution in [0.1, 0.15) is 74.8 Å². The van der Waals surface area contributed by atoms with Gasteiger partial charge in [0.25, 0.3) is 0 Å². The molecule has 61 heavy (non-hydrogen) atoms. The molecule has 3 aromatic rings. The van der Waals surface area contributed by atoms with Crippen molar-refractivity contribution in [2.75, 3.05) is 59.0 Å². The van der Waals surface area contributed by atoms with E-state index in [9.17, 15) is 19.8 Å². The highest BCUT2D eigenvalue weighted by atomic mass is 32.3. The summed E-state index contributed by atoms with van der Waals surface area (Å²) < 4.78 is 49.2. The number of piperidine rings is 1. The highest BCUT2D eigenvalue weighted by Crippen LogP contribution is 2.67. The normalized spacial score (nSPS) is 34.9. The first-order valence-electron chi connectivity index (χ1n) is 20.9. The Kier molecular flexibility index (Phi) is 10.8. The van der Waals surface area contributed by atoms with Crippen molar-refractivity contribution in [1.82, 2.24) is 14.8 Å². The average molecular weight is 865 g/mol. The third kappa shape index (κ3) is 6.44. The number of carbonyl (C=O) groups excluding carboxylic acids is 3. The lowest BCUT2D eigenvalue weighted by Gasteiger charge is -2.60. The lowest BCUT2D eigenvalue weighted by Crippen LogP contribution is -2.74. The van der Waals surface area contributed by atoms with Gasteiger partial charge >= 0.3 is 22.3 Å². The number of para-hydroxylation sites is 1. The van der Waals surface area contributed by atoms with Gasteiger partial charge in [-0.3, -0.25) is 28.5 Å². The summed E-state index contributed by atoms with van der Waals surface area (Å²) in [4.78, 5) is 52.8. The number of nitrogens with one attached hydrogen (secondary N) is 1. The molecule has 6 heterocycles. The van der Waals surface area contributed by atoms with Gasteiger partial charge in [0.2, 0.25) is 6.41 Å². The van der Waals surface area contributed by atoms with E-state index in [1.807, 2.05) is 37.3 Å². The fourth-order valence-corrected chi connectivity index (χ4v) is 13.0. The van der Waals surface area contributed by atoms with Crippen molar-refractivity contribution in [3.8, 4) is 5.75 Å². The minimum absolute atomic E-state index is 0.0959. The number of anilines is 1. The summed E-state index contributed by atoms with van der Waals surface area (Å²) in [6.45, 7) is 7.49. The molecule has 3 fully saturated rings. The fourth-order valence-electron chi connectivity index (χ4n) is 13.0. The first-order chi connectivity index (χ1) is 28.9. The standard InChI is InChI=1S/C44H54N4O8.H2O4S/c1-6-40-14-10-16-47-18-15-42(36(40)47)30-19-31(34(54-3)20-33(30)48(26-49)37(42)44(53,24-40)39(51)56-5)43(38(50)55-4)22-27-21-41(52,7-2)25-46(23-27)17-13-29-28-11-8-9-12-32(28)45-35(29)43;1-5(2,3)4/h8-12,14,19-20,26-27,36-37,45,52-53H,6-7,13,15-18,21-25H2,1-5H3;(H2,1,2,3,4)/t27-,36+,37-,40+,41+,42-,43+,44-;/m1./s1. The average Bonchev–Trinajstić information content (AvgIpc) is 3.91. The summed E-state index contributed by atoms with van der Waals surface area (Å²) in [6.07, 6.45) is 8.41. The molecule has 330 valence electrons. The summed E-state index contributed by atoms with van der Waals surface area (Å²) >= 11 is 0. The molecule has 5 N–H and O–H groups in total. The SMILES string of the molecule is CC[C@]1(O)C[C@H]2CN(CCc3c([nH]c4ccccc34)[C@@](C(=O)OC)(c3cc4c(cc3OC)N(C=O)[C@@H]3[C@]45CCN4CC=C[C@@](CC)(C[C@]3(O)C(=O)OC)[C@H]45)C2)C1.O=S(=O)(O)O. The number of fused-ring (bicyclic) bond motifs is 6. The van der Waals surface area contributed by atoms with E-state index in [0.717, 1.165) is 34.1 Å². The molecule has 1 amide bonds. The molecule has 0 radical (unpaired) electrons. The number of nitrogens with zero attached hydrogens (tertiary/aromatic N) is 3. The smallest absolute Gasteiger partial charge is 0.394 e. The van der Waals surface area contributed by atoms with Gasteiger partial charge in [-0.05, 0) is 80.7 Å². The number of rotatable bonds is 7. The van der Waals surface area contributed by atoms with Crippen molar-refractivity contribution in [2.45, 2.75) is 92.9 Å². The Morgan fingerprint density at radius 3 is 2.34 bits per heavy atom. The first-order valence-corrected chi connectivity index (χ1v) is 22.3. The topological polar surface area (TPSA) is 219 Å². The van der Waals surface area contributed by atoms with Gasteiger partial charge in [0.05, 0.1) is 38.7 Å². The Hall–Kier alpha value is -4.36. The predicted molar refractivity (Wildman–Crippen MR) is 224 cm³/mol. The summed E-state index contributed by atoms with van der Waals surface area (Å²) in [5.74, 6) is -0.932. The number of aromatic nitrogens is 1. The zero-order chi connectivity index (χ0) is 43.9. The second kappa shape index (κ2) is 15.2. The Labute approximate surface area is 355 Å². The zero-order valence-corrected chi connectivity index (χ0v) is 36.0. The predicted octanol–water partition coefficient (Wildman–Crippen LogP) is 3.32. The van der Waals surface area contributed by atoms with E-state index in [2.05, 4.69) is 39.9 Å². The number of esters is 2. The number of methoxy groups -OCH3 is 3. The maximum Gasteiger partial charge on any atom is 0.394 e. The largest absolute Gasteiger partial charge is 0.496 e. The summed E-state index contributed by atoms with van der Waals surface area (Å²) in [5, 5.41) is 25.8. The lowest BCUT2D eigenvalue weighted by atomic mass is 9.49. The van der Waals surface area contributed by atoms with E-state index in [4.69, 9.17) is 31.7 Å². The third-order valence-electron chi connectivity index (χ3n) is 15.1. The molecule has 16 nitrogen and oxygen atoms in total. The Morgan fingerprint density at radius 2 is 1.69 bits per heavy atom. The van der Waals surface area contributed by atoms with Crippen LogP contribution in [0.4, 0.5) is 5.69 Å². The highest BCUT2D eigenvalue weighted by Gasteiger charge is 2.76. The van der Waals surface area contributed by atoms with E-state index in [0.29, 0.717) is 88.2 Å². The van der Waals surface area contributed by atoms with Gasteiger partial charge in [-0.25, -0.2) is 4.79 Å². The monoisotopic (exact) mass is 864 g/mol. The van der Waals surface area contributed by atoms with Crippen LogP contribution < -0.4 is 9.64 Å². The molecule has 1 aliphatic carbocycles. The van der Waals surface area contributed by atoms with Crippen molar-refractivity contribution >= 4 is 45.3 Å². The number of aromatic amines is 1. The number of ether oxygens (including phenoxy) is 3. The van der Waals surface area contributed by atoms with Crippen LogP contribution in [0, 0.1) is 11.3 Å². The number of benzene rings is 2. The Bertz CT molecular complexity index is 2400. The van der Waals surface area contributed by atoms with Crippen LogP contribution in [0.3, 0.4) is 0 Å². The molecule has 1 aromatic heterocycles. The molecular weight excluding hydrogens is 809 g/mol. The van der Waals surface area contributed by atoms with Gasteiger partial charge in [-0.2, -0.15) is 8.42 Å². The van der Waals surface area contributed by atoms with Crippen LogP contribution in [0.25, 0.3) is 10.9 Å². The Morgan fingerprint density at radius 1 is 0.967 bits per heavy atom. The van der Waals surface area contributed by atoms with Crippen molar-refractivity contribution < 1.29 is 56.3 Å². The Balaban J connectivity index is 0.000000973. The summed E-state index contributed by atoms with van der Waals surface area (Å²) in [6, 6.07) is 10.9. The minimum Gasteiger partial charge on any atom is -0.496 e. The van der Waals surface area contributed by atoms with Crippen LogP contribution >= 0.6 is 0 Å². The molecule has 1 saturated carbocycles. The van der Waals surface area contributed by atoms with Gasteiger partial charge in [0, 0.05) is 71.3 Å². The second-order valence-corrected chi connectivity index (χ2v) is 18.9. The van der Waals surface area contributed by atoms with Gasteiger partial charge < -0.3 is 34.3 Å². The molecule has 1 spiro atoms. The molecule has 2 bridgehead atoms. The number of hydrogen-bond acceptors (Lipinski definition) is 12. The molecule has 9 atom stereocenters. The van der Waals surface area contributed by atoms with Crippen LogP contribution in [-0.4, -0.2) is 138 Å². The lowest BCUT2D eigenvalue weighted by molar-refractivity contribution is -0.181. The van der Waals surface area contributed by atoms with Crippen molar-refractivity contribution in [3.63, 3.8) is 0 Å². The molecule has 6 aliphatic rings. The van der Waals surface area contributed by atoms with Crippen LogP contribution in [0.2, 0.25) is 0 Å². The highest BCUT2D eigenvalue weighted by molar-refractivity contribution is 7.79. The number of hydrogen-bond donors (Lipinski definition) is 5. The van der Waals surface area contributed by atoms with Crippen LogP contribution in [0.15, 0.2) is 48.6 Å². The van der Waals surface area contributed by atoms with Crippen molar-refractivity contribution in [1.29, 1.82) is 0 Å². The maximum atomic E-state index is 15.2. The number of aliphatic hydroxyl groups is 2. The zero-order valence-electron chi connectivity index (χ0n) is 35.2. The van der Waals surface area contributed by atoms with Gasteiger partial charge in [-0.15, -0.1) is 0 Å². The fraction of sp³-hybridized carbons (Fsp3) is 0.568. The van der Waals surface area contributed by atoms with Gasteiger partial charge in [0.1, 0.15) is 11.2 Å². The van der Waals surface area contributed by atoms with E-state index in [-0.39, 0.29) is 18.4 Å². The second-order valence-electron chi connectivity index (χ2n) is 18.0. The third-order valence-corrected chi connectivity index (χ3v) is 15.1. The van der Waals surface area contributed by atoms with E-state index in [1.165, 1.54) is 19.1 Å². The molecule has 9 rings (SSSR count). The van der Waals surface area contributed by atoms with E-state index in [1.54, 1.807) is 7.11 Å². The number of H-pyrrole nitrogens is 1. The van der Waals surface area contributed by atoms with Crippen molar-refractivity contribution in [2.24, 2.45) is 11.3 Å². The summed E-state index contributed by atoms with van der Waals surface area (Å²) in [7, 11) is -0.393. The molecule has 1 unspecified atom stereocenters. The van der Waals surface area contributed by atoms with E-state index >= 15 is 4.79 Å². The van der Waals surface area contributed by atoms with Crippen LogP contribution in [0.5, 0.6) is 5.75 Å². The molecule has 5 aliphatic heterocycles. The first kappa shape index (κ1) is 43.3. The van der Waals surface area contributed by atoms with Crippen LogP contribution in [-0.2, 0) is 51.5 Å². The van der Waals surface area contributed by atoms with Gasteiger partial charge in [-0.1, -0.05) is 44.2 Å². The van der Waals surface area contributed by atoms with E-state index < -0.39 is 55.8 Å². The number of amides is 1. The molecule has 2 aromatic carbocycles. The molecular formula is C44H56N4O12S. The molecule has 2 saturated heterocycles. The maximum absolute atomic E-state index is 15.2. The summed E-state index contributed by atoms with van der Waals surface area (Å²) in [5.41, 5.74) is -1.32. The molecule has 17 heteroatoms. The van der Waals surface area contributed by atoms with Gasteiger partial charge in [0.15, 0.2) is 5.60 Å². The quantitative estimate of drug-likeness (QED) is 0.0997. The minimum atomic E-state index is -4.67. The van der Waals surface area contributed by atoms with Crippen molar-refractivity contribution in [3.05, 3.63) is 70.9 Å².